The standard InChI is InChI=1S/C17H21N3O/c1-4-10-18-15-9-8-13(2)12-14(15)17(21)20(3)16-7-5-6-11-19-16/h5-9,11-12,18H,4,10H2,1-3H3. The summed E-state index contributed by atoms with van der Waals surface area (Å²) in [6, 6.07) is 11.4. The minimum Gasteiger partial charge on any atom is -0.384 e. The summed E-state index contributed by atoms with van der Waals surface area (Å²) in [7, 11) is 1.75. The van der Waals surface area contributed by atoms with E-state index in [1.165, 1.54) is 0 Å². The van der Waals surface area contributed by atoms with E-state index in [-0.39, 0.29) is 5.91 Å². The Hall–Kier alpha value is -2.36. The fourth-order valence-electron chi connectivity index (χ4n) is 2.09. The van der Waals surface area contributed by atoms with Crippen LogP contribution in [0.4, 0.5) is 11.5 Å². The summed E-state index contributed by atoms with van der Waals surface area (Å²) in [5, 5.41) is 3.31. The first-order chi connectivity index (χ1) is 10.1. The van der Waals surface area contributed by atoms with Gasteiger partial charge in [-0.2, -0.15) is 0 Å². The van der Waals surface area contributed by atoms with E-state index in [0.717, 1.165) is 24.2 Å². The van der Waals surface area contributed by atoms with E-state index in [1.807, 2.05) is 43.3 Å². The molecule has 21 heavy (non-hydrogen) atoms. The Kier molecular flexibility index (Phi) is 4.93. The third-order valence-corrected chi connectivity index (χ3v) is 3.27. The van der Waals surface area contributed by atoms with Crippen LogP contribution in [-0.4, -0.2) is 24.5 Å². The Morgan fingerprint density at radius 3 is 2.76 bits per heavy atom. The Bertz CT molecular complexity index is 611. The summed E-state index contributed by atoms with van der Waals surface area (Å²) in [5.74, 6) is 0.585. The van der Waals surface area contributed by atoms with Crippen LogP contribution in [0.25, 0.3) is 0 Å². The second-order valence-electron chi connectivity index (χ2n) is 5.03. The van der Waals surface area contributed by atoms with E-state index >= 15 is 0 Å². The van der Waals surface area contributed by atoms with Gasteiger partial charge in [0.05, 0.1) is 5.56 Å². The number of nitrogens with zero attached hydrogens (tertiary/aromatic N) is 2. The Morgan fingerprint density at radius 1 is 1.29 bits per heavy atom. The number of hydrogen-bond donors (Lipinski definition) is 1. The van der Waals surface area contributed by atoms with Crippen LogP contribution in [0.1, 0.15) is 29.3 Å². The van der Waals surface area contributed by atoms with Crippen LogP contribution >= 0.6 is 0 Å². The fourth-order valence-corrected chi connectivity index (χ4v) is 2.09. The van der Waals surface area contributed by atoms with Crippen LogP contribution in [0.15, 0.2) is 42.6 Å². The van der Waals surface area contributed by atoms with Crippen molar-refractivity contribution in [1.82, 2.24) is 4.98 Å². The van der Waals surface area contributed by atoms with E-state index in [1.54, 1.807) is 18.1 Å². The number of amides is 1. The van der Waals surface area contributed by atoms with Crippen molar-refractivity contribution in [1.29, 1.82) is 0 Å². The molecule has 0 atom stereocenters. The lowest BCUT2D eigenvalue weighted by molar-refractivity contribution is 0.0993. The number of anilines is 2. The van der Waals surface area contributed by atoms with Gasteiger partial charge in [0.1, 0.15) is 5.82 Å². The Balaban J connectivity index is 2.31. The fraction of sp³-hybridized carbons (Fsp3) is 0.294. The normalized spacial score (nSPS) is 10.2. The second-order valence-corrected chi connectivity index (χ2v) is 5.03. The van der Waals surface area contributed by atoms with Gasteiger partial charge in [-0.25, -0.2) is 4.98 Å². The summed E-state index contributed by atoms with van der Waals surface area (Å²) in [6.07, 6.45) is 2.70. The number of hydrogen-bond acceptors (Lipinski definition) is 3. The lowest BCUT2D eigenvalue weighted by Crippen LogP contribution is -2.28. The maximum atomic E-state index is 12.7. The summed E-state index contributed by atoms with van der Waals surface area (Å²) >= 11 is 0. The number of aromatic nitrogens is 1. The molecule has 4 nitrogen and oxygen atoms in total. The highest BCUT2D eigenvalue weighted by molar-refractivity contribution is 6.09. The van der Waals surface area contributed by atoms with Crippen LogP contribution in [-0.2, 0) is 0 Å². The van der Waals surface area contributed by atoms with E-state index in [2.05, 4.69) is 17.2 Å². The molecule has 0 bridgehead atoms. The van der Waals surface area contributed by atoms with Gasteiger partial charge in [-0.1, -0.05) is 24.6 Å². The van der Waals surface area contributed by atoms with Crippen molar-refractivity contribution in [2.75, 3.05) is 23.8 Å². The quantitative estimate of drug-likeness (QED) is 0.913. The first-order valence-electron chi connectivity index (χ1n) is 7.17. The topological polar surface area (TPSA) is 45.2 Å². The van der Waals surface area contributed by atoms with Gasteiger partial charge < -0.3 is 5.32 Å². The minimum absolute atomic E-state index is 0.0593. The summed E-state index contributed by atoms with van der Waals surface area (Å²) in [4.78, 5) is 18.5. The van der Waals surface area contributed by atoms with Crippen LogP contribution in [0.2, 0.25) is 0 Å². The smallest absolute Gasteiger partial charge is 0.261 e. The zero-order valence-electron chi connectivity index (χ0n) is 12.8. The SMILES string of the molecule is CCCNc1ccc(C)cc1C(=O)N(C)c1ccccn1. The first kappa shape index (κ1) is 15.0. The molecule has 1 amide bonds. The highest BCUT2D eigenvalue weighted by atomic mass is 16.2. The van der Waals surface area contributed by atoms with Crippen molar-refractivity contribution in [2.45, 2.75) is 20.3 Å². The molecular formula is C17H21N3O. The van der Waals surface area contributed by atoms with E-state index in [4.69, 9.17) is 0 Å². The van der Waals surface area contributed by atoms with Gasteiger partial charge in [0, 0.05) is 25.5 Å². The molecule has 2 aromatic rings. The highest BCUT2D eigenvalue weighted by Crippen LogP contribution is 2.21. The number of nitrogens with one attached hydrogen (secondary N) is 1. The van der Waals surface area contributed by atoms with Crippen molar-refractivity contribution < 1.29 is 4.79 Å². The molecule has 0 radical (unpaired) electrons. The van der Waals surface area contributed by atoms with Crippen LogP contribution in [0, 0.1) is 6.92 Å². The molecule has 0 saturated heterocycles. The molecule has 110 valence electrons. The lowest BCUT2D eigenvalue weighted by atomic mass is 10.1. The van der Waals surface area contributed by atoms with Crippen LogP contribution < -0.4 is 10.2 Å². The molecule has 1 N–H and O–H groups in total. The molecule has 1 aromatic carbocycles. The van der Waals surface area contributed by atoms with Crippen molar-refractivity contribution in [3.63, 3.8) is 0 Å². The Labute approximate surface area is 125 Å². The molecule has 0 spiro atoms. The number of rotatable bonds is 5. The predicted octanol–water partition coefficient (Wildman–Crippen LogP) is 3.49. The van der Waals surface area contributed by atoms with Crippen LogP contribution in [0.3, 0.4) is 0 Å². The zero-order valence-corrected chi connectivity index (χ0v) is 12.8. The predicted molar refractivity (Wildman–Crippen MR) is 86.9 cm³/mol. The molecule has 0 unspecified atom stereocenters. The molecule has 1 heterocycles. The van der Waals surface area contributed by atoms with Crippen LogP contribution in [0.5, 0.6) is 0 Å². The van der Waals surface area contributed by atoms with Gasteiger partial charge in [0.25, 0.3) is 5.91 Å². The average molecular weight is 283 g/mol. The van der Waals surface area contributed by atoms with Gasteiger partial charge in [-0.05, 0) is 37.6 Å². The molecule has 4 heteroatoms. The van der Waals surface area contributed by atoms with Crippen molar-refractivity contribution in [3.8, 4) is 0 Å². The van der Waals surface area contributed by atoms with Gasteiger partial charge >= 0.3 is 0 Å². The number of aryl methyl sites for hydroxylation is 1. The van der Waals surface area contributed by atoms with Gasteiger partial charge in [0.2, 0.25) is 0 Å². The number of carbonyl (C=O) groups excluding carboxylic acids is 1. The summed E-state index contributed by atoms with van der Waals surface area (Å²) in [5.41, 5.74) is 2.61. The first-order valence-corrected chi connectivity index (χ1v) is 7.17. The molecule has 2 rings (SSSR count). The number of benzene rings is 1. The molecule has 0 fully saturated rings. The van der Waals surface area contributed by atoms with E-state index in [0.29, 0.717) is 11.4 Å². The monoisotopic (exact) mass is 283 g/mol. The van der Waals surface area contributed by atoms with Crippen molar-refractivity contribution >= 4 is 17.4 Å². The molecule has 0 aliphatic carbocycles. The van der Waals surface area contributed by atoms with Crippen molar-refractivity contribution in [3.05, 3.63) is 53.7 Å². The highest BCUT2D eigenvalue weighted by Gasteiger charge is 2.17. The molecular weight excluding hydrogens is 262 g/mol. The maximum absolute atomic E-state index is 12.7. The minimum atomic E-state index is -0.0593. The molecule has 0 aliphatic rings. The Morgan fingerprint density at radius 2 is 2.10 bits per heavy atom. The molecule has 0 aliphatic heterocycles. The summed E-state index contributed by atoms with van der Waals surface area (Å²) < 4.78 is 0. The van der Waals surface area contributed by atoms with E-state index in [9.17, 15) is 4.79 Å². The zero-order chi connectivity index (χ0) is 15.2. The number of carbonyl (C=O) groups is 1. The van der Waals surface area contributed by atoms with Gasteiger partial charge in [-0.15, -0.1) is 0 Å². The van der Waals surface area contributed by atoms with E-state index < -0.39 is 0 Å². The van der Waals surface area contributed by atoms with Gasteiger partial charge in [0.15, 0.2) is 0 Å². The average Bonchev–Trinajstić information content (AvgIpc) is 2.53. The lowest BCUT2D eigenvalue weighted by Gasteiger charge is -2.19. The third-order valence-electron chi connectivity index (χ3n) is 3.27. The third kappa shape index (κ3) is 3.60. The van der Waals surface area contributed by atoms with Crippen molar-refractivity contribution in [2.24, 2.45) is 0 Å². The molecule has 1 aromatic heterocycles. The second kappa shape index (κ2) is 6.88. The number of pyridine rings is 1. The summed E-state index contributed by atoms with van der Waals surface area (Å²) in [6.45, 7) is 4.93. The maximum Gasteiger partial charge on any atom is 0.261 e. The van der Waals surface area contributed by atoms with Gasteiger partial charge in [-0.3, -0.25) is 9.69 Å². The largest absolute Gasteiger partial charge is 0.384 e. The molecule has 0 saturated carbocycles.